The van der Waals surface area contributed by atoms with Crippen molar-refractivity contribution in [1.29, 1.82) is 0 Å². The molecule has 6 nitrogen and oxygen atoms in total. The highest BCUT2D eigenvalue weighted by molar-refractivity contribution is 8.01. The van der Waals surface area contributed by atoms with Crippen molar-refractivity contribution < 1.29 is 4.79 Å². The van der Waals surface area contributed by atoms with Gasteiger partial charge in [-0.25, -0.2) is 4.98 Å². The van der Waals surface area contributed by atoms with Crippen LogP contribution in [0.5, 0.6) is 0 Å². The third-order valence-electron chi connectivity index (χ3n) is 3.43. The average molecular weight is 392 g/mol. The molecule has 0 aliphatic heterocycles. The van der Waals surface area contributed by atoms with Crippen LogP contribution >= 0.6 is 34.4 Å². The lowest BCUT2D eigenvalue weighted by atomic mass is 9.98. The molecule has 0 bridgehead atoms. The van der Waals surface area contributed by atoms with Crippen molar-refractivity contribution in [2.45, 2.75) is 25.1 Å². The molecule has 3 N–H and O–H groups in total. The van der Waals surface area contributed by atoms with E-state index in [9.17, 15) is 4.79 Å². The van der Waals surface area contributed by atoms with Crippen molar-refractivity contribution in [1.82, 2.24) is 15.2 Å². The van der Waals surface area contributed by atoms with E-state index in [1.54, 1.807) is 0 Å². The lowest BCUT2D eigenvalue weighted by Crippen LogP contribution is -2.13. The van der Waals surface area contributed by atoms with Gasteiger partial charge in [-0.1, -0.05) is 40.8 Å². The zero-order chi connectivity index (χ0) is 18.0. The highest BCUT2D eigenvalue weighted by Gasteiger charge is 2.13. The number of carbonyl (C=O) groups is 1. The number of nitrogens with zero attached hydrogens (tertiary/aromatic N) is 3. The van der Waals surface area contributed by atoms with Crippen LogP contribution in [-0.2, 0) is 4.79 Å². The second-order valence-electron chi connectivity index (χ2n) is 5.55. The number of amides is 1. The number of thioether (sulfide) groups is 1. The molecule has 2 heterocycles. The van der Waals surface area contributed by atoms with Gasteiger partial charge in [0, 0.05) is 10.9 Å². The first-order valence-electron chi connectivity index (χ1n) is 7.48. The molecule has 1 aromatic carbocycles. The topological polar surface area (TPSA) is 93.8 Å². The predicted molar refractivity (Wildman–Crippen MR) is 105 cm³/mol. The fourth-order valence-electron chi connectivity index (χ4n) is 2.59. The number of thiazole rings is 1. The molecule has 0 atom stereocenters. The third kappa shape index (κ3) is 4.36. The molecule has 25 heavy (non-hydrogen) atoms. The van der Waals surface area contributed by atoms with E-state index in [-0.39, 0.29) is 11.7 Å². The van der Waals surface area contributed by atoms with Crippen LogP contribution in [0.2, 0.25) is 0 Å². The van der Waals surface area contributed by atoms with E-state index in [1.807, 2.05) is 5.38 Å². The highest BCUT2D eigenvalue weighted by Crippen LogP contribution is 2.31. The molecule has 1 amide bonds. The SMILES string of the molecule is Cc1cc(C)c(-c2csc(NC(=O)CSc3nnc(N)s3)n2)c(C)c1. The molecular formula is C16H17N5OS3. The van der Waals surface area contributed by atoms with Crippen LogP contribution in [0.1, 0.15) is 16.7 Å². The van der Waals surface area contributed by atoms with Crippen LogP contribution in [-0.4, -0.2) is 26.8 Å². The van der Waals surface area contributed by atoms with E-state index in [2.05, 4.69) is 53.4 Å². The Hall–Kier alpha value is -1.97. The molecule has 0 spiro atoms. The molecule has 3 aromatic rings. The number of nitrogen functional groups attached to an aromatic ring is 1. The van der Waals surface area contributed by atoms with Gasteiger partial charge in [0.05, 0.1) is 11.4 Å². The number of hydrogen-bond donors (Lipinski definition) is 2. The largest absolute Gasteiger partial charge is 0.374 e. The molecule has 0 saturated heterocycles. The second-order valence-corrected chi connectivity index (χ2v) is 8.64. The van der Waals surface area contributed by atoms with Crippen molar-refractivity contribution >= 4 is 50.6 Å². The number of aryl methyl sites for hydroxylation is 3. The van der Waals surface area contributed by atoms with Gasteiger partial charge in [-0.2, -0.15) is 0 Å². The minimum Gasteiger partial charge on any atom is -0.374 e. The van der Waals surface area contributed by atoms with Crippen LogP contribution in [0.3, 0.4) is 0 Å². The summed E-state index contributed by atoms with van der Waals surface area (Å²) >= 11 is 4.00. The number of anilines is 2. The summed E-state index contributed by atoms with van der Waals surface area (Å²) in [5, 5.41) is 13.4. The van der Waals surface area contributed by atoms with Gasteiger partial charge in [0.15, 0.2) is 9.47 Å². The standard InChI is InChI=1S/C16H17N5OS3/c1-8-4-9(2)13(10(3)5-8)11-6-23-15(18-11)19-12(22)7-24-16-21-20-14(17)25-16/h4-6H,7H2,1-3H3,(H2,17,20)(H,18,19,22). The molecular weight excluding hydrogens is 374 g/mol. The number of hydrogen-bond acceptors (Lipinski definition) is 8. The van der Waals surface area contributed by atoms with Crippen LogP contribution in [0.25, 0.3) is 11.3 Å². The maximum absolute atomic E-state index is 12.1. The van der Waals surface area contributed by atoms with Crippen molar-refractivity contribution in [3.05, 3.63) is 34.2 Å². The molecule has 0 unspecified atom stereocenters. The minimum atomic E-state index is -0.128. The summed E-state index contributed by atoms with van der Waals surface area (Å²) in [7, 11) is 0. The zero-order valence-corrected chi connectivity index (χ0v) is 16.4. The first-order valence-corrected chi connectivity index (χ1v) is 10.2. The maximum Gasteiger partial charge on any atom is 0.236 e. The lowest BCUT2D eigenvalue weighted by molar-refractivity contribution is -0.113. The van der Waals surface area contributed by atoms with Gasteiger partial charge >= 0.3 is 0 Å². The molecule has 3 rings (SSSR count). The van der Waals surface area contributed by atoms with Crippen molar-refractivity contribution in [2.24, 2.45) is 0 Å². The Kier molecular flexibility index (Phi) is 5.36. The third-order valence-corrected chi connectivity index (χ3v) is 6.08. The summed E-state index contributed by atoms with van der Waals surface area (Å²) < 4.78 is 0.679. The molecule has 2 aromatic heterocycles. The Morgan fingerprint density at radius 2 is 1.96 bits per heavy atom. The molecule has 9 heteroatoms. The molecule has 0 aliphatic rings. The number of carbonyl (C=O) groups excluding carboxylic acids is 1. The summed E-state index contributed by atoms with van der Waals surface area (Å²) in [4.78, 5) is 16.6. The number of aromatic nitrogens is 3. The Labute approximate surface area is 157 Å². The van der Waals surface area contributed by atoms with E-state index in [1.165, 1.54) is 51.1 Å². The van der Waals surface area contributed by atoms with Crippen molar-refractivity contribution in [2.75, 3.05) is 16.8 Å². The number of nitrogens with two attached hydrogens (primary N) is 1. The Morgan fingerprint density at radius 1 is 1.24 bits per heavy atom. The van der Waals surface area contributed by atoms with Gasteiger partial charge in [0.1, 0.15) is 0 Å². The van der Waals surface area contributed by atoms with Gasteiger partial charge < -0.3 is 11.1 Å². The molecule has 0 fully saturated rings. The summed E-state index contributed by atoms with van der Waals surface area (Å²) in [5.74, 6) is 0.114. The first kappa shape index (κ1) is 17.8. The number of benzene rings is 1. The number of rotatable bonds is 5. The molecule has 0 radical (unpaired) electrons. The fourth-order valence-corrected chi connectivity index (χ4v) is 4.75. The Balaban J connectivity index is 1.66. The van der Waals surface area contributed by atoms with E-state index in [0.29, 0.717) is 14.6 Å². The number of nitrogens with one attached hydrogen (secondary N) is 1. The Morgan fingerprint density at radius 3 is 2.60 bits per heavy atom. The smallest absolute Gasteiger partial charge is 0.236 e. The maximum atomic E-state index is 12.1. The van der Waals surface area contributed by atoms with Gasteiger partial charge in [0.25, 0.3) is 0 Å². The van der Waals surface area contributed by atoms with E-state index < -0.39 is 0 Å². The fraction of sp³-hybridized carbons (Fsp3) is 0.250. The van der Waals surface area contributed by atoms with Gasteiger partial charge in [-0.15, -0.1) is 21.5 Å². The second kappa shape index (κ2) is 7.51. The van der Waals surface area contributed by atoms with E-state index in [4.69, 9.17) is 5.73 Å². The summed E-state index contributed by atoms with van der Waals surface area (Å²) in [6.45, 7) is 6.24. The van der Waals surface area contributed by atoms with Gasteiger partial charge in [-0.05, 0) is 31.9 Å². The van der Waals surface area contributed by atoms with Crippen LogP contribution in [0.15, 0.2) is 21.9 Å². The Bertz CT molecular complexity index is 895. The predicted octanol–water partition coefficient (Wildman–Crippen LogP) is 3.90. The normalized spacial score (nSPS) is 10.8. The van der Waals surface area contributed by atoms with Gasteiger partial charge in [-0.3, -0.25) is 4.79 Å². The molecule has 0 aliphatic carbocycles. The van der Waals surface area contributed by atoms with Crippen LogP contribution < -0.4 is 11.1 Å². The average Bonchev–Trinajstić information content (AvgIpc) is 3.13. The summed E-state index contributed by atoms with van der Waals surface area (Å²) in [5.41, 5.74) is 11.1. The monoisotopic (exact) mass is 391 g/mol. The van der Waals surface area contributed by atoms with Crippen LogP contribution in [0.4, 0.5) is 10.3 Å². The lowest BCUT2D eigenvalue weighted by Gasteiger charge is -2.08. The molecule has 130 valence electrons. The van der Waals surface area contributed by atoms with Crippen molar-refractivity contribution in [3.8, 4) is 11.3 Å². The highest BCUT2D eigenvalue weighted by atomic mass is 32.2. The molecule has 0 saturated carbocycles. The van der Waals surface area contributed by atoms with E-state index >= 15 is 0 Å². The van der Waals surface area contributed by atoms with E-state index in [0.717, 1.165) is 11.3 Å². The van der Waals surface area contributed by atoms with Gasteiger partial charge in [0.2, 0.25) is 11.0 Å². The first-order chi connectivity index (χ1) is 11.9. The summed E-state index contributed by atoms with van der Waals surface area (Å²) in [6, 6.07) is 4.29. The summed E-state index contributed by atoms with van der Waals surface area (Å²) in [6.07, 6.45) is 0. The zero-order valence-electron chi connectivity index (χ0n) is 14.0. The minimum absolute atomic E-state index is 0.128. The van der Waals surface area contributed by atoms with Crippen molar-refractivity contribution in [3.63, 3.8) is 0 Å². The quantitative estimate of drug-likeness (QED) is 0.641. The van der Waals surface area contributed by atoms with Crippen LogP contribution in [0, 0.1) is 20.8 Å².